The van der Waals surface area contributed by atoms with E-state index in [1.807, 2.05) is 13.8 Å². The SMILES string of the molecule is CC[C@H](C)NC(=O)c1ccc(OC)c(COc2ccc(Cl)cc2)c1. The summed E-state index contributed by atoms with van der Waals surface area (Å²) in [5.74, 6) is 1.29. The molecule has 1 amide bonds. The van der Waals surface area contributed by atoms with Crippen LogP contribution in [0.2, 0.25) is 5.02 Å². The average molecular weight is 348 g/mol. The topological polar surface area (TPSA) is 47.6 Å². The first-order chi connectivity index (χ1) is 11.5. The Morgan fingerprint density at radius 2 is 1.92 bits per heavy atom. The van der Waals surface area contributed by atoms with Crippen molar-refractivity contribution in [1.29, 1.82) is 0 Å². The molecule has 0 unspecified atom stereocenters. The summed E-state index contributed by atoms with van der Waals surface area (Å²) in [7, 11) is 1.60. The molecule has 0 spiro atoms. The zero-order valence-corrected chi connectivity index (χ0v) is 14.9. The Labute approximate surface area is 147 Å². The molecule has 0 radical (unpaired) electrons. The number of ether oxygens (including phenoxy) is 2. The maximum atomic E-state index is 12.3. The summed E-state index contributed by atoms with van der Waals surface area (Å²) in [6, 6.07) is 12.6. The molecule has 1 atom stereocenters. The smallest absolute Gasteiger partial charge is 0.251 e. The van der Waals surface area contributed by atoms with E-state index in [0.717, 1.165) is 12.0 Å². The number of rotatable bonds is 7. The van der Waals surface area contributed by atoms with Crippen LogP contribution >= 0.6 is 11.6 Å². The molecule has 0 aliphatic rings. The lowest BCUT2D eigenvalue weighted by molar-refractivity contribution is 0.0939. The fraction of sp³-hybridized carbons (Fsp3) is 0.316. The summed E-state index contributed by atoms with van der Waals surface area (Å²) in [6.45, 7) is 4.31. The summed E-state index contributed by atoms with van der Waals surface area (Å²) in [5.41, 5.74) is 1.40. The van der Waals surface area contributed by atoms with Crippen LogP contribution in [0.5, 0.6) is 11.5 Å². The first-order valence-electron chi connectivity index (χ1n) is 7.89. The molecule has 0 saturated heterocycles. The van der Waals surface area contributed by atoms with Crippen molar-refractivity contribution in [1.82, 2.24) is 5.32 Å². The Morgan fingerprint density at radius 1 is 1.21 bits per heavy atom. The van der Waals surface area contributed by atoms with Crippen LogP contribution in [-0.2, 0) is 6.61 Å². The van der Waals surface area contributed by atoms with E-state index < -0.39 is 0 Å². The summed E-state index contributed by atoms with van der Waals surface area (Å²) in [6.07, 6.45) is 0.883. The Bertz CT molecular complexity index is 686. The highest BCUT2D eigenvalue weighted by Gasteiger charge is 2.12. The molecule has 2 rings (SSSR count). The largest absolute Gasteiger partial charge is 0.496 e. The van der Waals surface area contributed by atoms with Gasteiger partial charge < -0.3 is 14.8 Å². The van der Waals surface area contributed by atoms with Crippen molar-refractivity contribution in [2.24, 2.45) is 0 Å². The molecule has 2 aromatic rings. The minimum absolute atomic E-state index is 0.0975. The summed E-state index contributed by atoms with van der Waals surface area (Å²) >= 11 is 5.87. The van der Waals surface area contributed by atoms with Gasteiger partial charge in [0.1, 0.15) is 18.1 Å². The van der Waals surface area contributed by atoms with Gasteiger partial charge in [0.05, 0.1) is 7.11 Å². The van der Waals surface area contributed by atoms with Crippen molar-refractivity contribution in [2.75, 3.05) is 7.11 Å². The van der Waals surface area contributed by atoms with Crippen molar-refractivity contribution >= 4 is 17.5 Å². The molecule has 24 heavy (non-hydrogen) atoms. The molecule has 4 nitrogen and oxygen atoms in total. The first kappa shape index (κ1) is 18.1. The molecule has 0 aliphatic carbocycles. The summed E-state index contributed by atoms with van der Waals surface area (Å²) < 4.78 is 11.1. The van der Waals surface area contributed by atoms with Crippen LogP contribution in [0, 0.1) is 0 Å². The van der Waals surface area contributed by atoms with Gasteiger partial charge in [0.2, 0.25) is 0 Å². The molecule has 1 N–H and O–H groups in total. The van der Waals surface area contributed by atoms with Crippen molar-refractivity contribution in [3.05, 3.63) is 58.6 Å². The second-order valence-electron chi connectivity index (χ2n) is 5.55. The predicted molar refractivity (Wildman–Crippen MR) is 96.0 cm³/mol. The third kappa shape index (κ3) is 4.90. The van der Waals surface area contributed by atoms with Gasteiger partial charge in [-0.3, -0.25) is 4.79 Å². The van der Waals surface area contributed by atoms with E-state index in [1.54, 1.807) is 49.6 Å². The van der Waals surface area contributed by atoms with E-state index in [1.165, 1.54) is 0 Å². The Hall–Kier alpha value is -2.20. The second kappa shape index (κ2) is 8.60. The molecular weight excluding hydrogens is 326 g/mol. The number of halogens is 1. The van der Waals surface area contributed by atoms with Crippen LogP contribution < -0.4 is 14.8 Å². The minimum atomic E-state index is -0.0975. The van der Waals surface area contributed by atoms with Gasteiger partial charge in [-0.2, -0.15) is 0 Å². The Morgan fingerprint density at radius 3 is 2.54 bits per heavy atom. The highest BCUT2D eigenvalue weighted by atomic mass is 35.5. The molecule has 128 valence electrons. The van der Waals surface area contributed by atoms with Gasteiger partial charge in [-0.25, -0.2) is 0 Å². The van der Waals surface area contributed by atoms with E-state index in [9.17, 15) is 4.79 Å². The number of methoxy groups -OCH3 is 1. The van der Waals surface area contributed by atoms with Gasteiger partial charge in [0.15, 0.2) is 0 Å². The molecule has 0 fully saturated rings. The van der Waals surface area contributed by atoms with Crippen LogP contribution in [0.3, 0.4) is 0 Å². The molecule has 2 aromatic carbocycles. The van der Waals surface area contributed by atoms with E-state index in [2.05, 4.69) is 5.32 Å². The highest BCUT2D eigenvalue weighted by molar-refractivity contribution is 6.30. The van der Waals surface area contributed by atoms with Gasteiger partial charge in [0.25, 0.3) is 5.91 Å². The number of nitrogens with one attached hydrogen (secondary N) is 1. The third-order valence-corrected chi connectivity index (χ3v) is 3.99. The molecule has 0 aliphatic heterocycles. The number of carbonyl (C=O) groups is 1. The van der Waals surface area contributed by atoms with Crippen molar-refractivity contribution in [3.8, 4) is 11.5 Å². The lowest BCUT2D eigenvalue weighted by Crippen LogP contribution is -2.31. The van der Waals surface area contributed by atoms with Gasteiger partial charge in [-0.05, 0) is 55.8 Å². The maximum absolute atomic E-state index is 12.3. The summed E-state index contributed by atoms with van der Waals surface area (Å²) in [4.78, 5) is 12.3. The van der Waals surface area contributed by atoms with E-state index in [-0.39, 0.29) is 11.9 Å². The number of hydrogen-bond acceptors (Lipinski definition) is 3. The fourth-order valence-electron chi connectivity index (χ4n) is 2.13. The molecular formula is C19H22ClNO3. The van der Waals surface area contributed by atoms with Crippen LogP contribution in [0.15, 0.2) is 42.5 Å². The van der Waals surface area contributed by atoms with Crippen molar-refractivity contribution < 1.29 is 14.3 Å². The Balaban J connectivity index is 2.13. The van der Waals surface area contributed by atoms with E-state index >= 15 is 0 Å². The molecule has 0 aromatic heterocycles. The second-order valence-corrected chi connectivity index (χ2v) is 5.99. The number of carbonyl (C=O) groups excluding carboxylic acids is 1. The minimum Gasteiger partial charge on any atom is -0.496 e. The van der Waals surface area contributed by atoms with Crippen LogP contribution in [0.4, 0.5) is 0 Å². The van der Waals surface area contributed by atoms with Gasteiger partial charge in [-0.1, -0.05) is 18.5 Å². The number of hydrogen-bond donors (Lipinski definition) is 1. The van der Waals surface area contributed by atoms with Gasteiger partial charge >= 0.3 is 0 Å². The number of amides is 1. The maximum Gasteiger partial charge on any atom is 0.251 e. The third-order valence-electron chi connectivity index (χ3n) is 3.74. The molecule has 0 heterocycles. The molecule has 5 heteroatoms. The normalized spacial score (nSPS) is 11.7. The van der Waals surface area contributed by atoms with E-state index in [4.69, 9.17) is 21.1 Å². The van der Waals surface area contributed by atoms with Gasteiger partial charge in [0, 0.05) is 22.2 Å². The average Bonchev–Trinajstić information content (AvgIpc) is 2.60. The van der Waals surface area contributed by atoms with Crippen molar-refractivity contribution in [3.63, 3.8) is 0 Å². The van der Waals surface area contributed by atoms with Crippen molar-refractivity contribution in [2.45, 2.75) is 32.9 Å². The van der Waals surface area contributed by atoms with Gasteiger partial charge in [-0.15, -0.1) is 0 Å². The zero-order valence-electron chi connectivity index (χ0n) is 14.1. The fourth-order valence-corrected chi connectivity index (χ4v) is 2.26. The molecule has 0 bridgehead atoms. The predicted octanol–water partition coefficient (Wildman–Crippen LogP) is 4.46. The summed E-state index contributed by atoms with van der Waals surface area (Å²) in [5, 5.41) is 3.61. The standard InChI is InChI=1S/C19H22ClNO3/c1-4-13(2)21-19(22)14-5-10-18(23-3)15(11-14)12-24-17-8-6-16(20)7-9-17/h5-11,13H,4,12H2,1-3H3,(H,21,22)/t13-/m0/s1. The number of benzene rings is 2. The Kier molecular flexibility index (Phi) is 6.50. The lowest BCUT2D eigenvalue weighted by atomic mass is 10.1. The van der Waals surface area contributed by atoms with Crippen LogP contribution in [0.1, 0.15) is 36.2 Å². The quantitative estimate of drug-likeness (QED) is 0.804. The highest BCUT2D eigenvalue weighted by Crippen LogP contribution is 2.23. The lowest BCUT2D eigenvalue weighted by Gasteiger charge is -2.14. The first-order valence-corrected chi connectivity index (χ1v) is 8.27. The van der Waals surface area contributed by atoms with Crippen LogP contribution in [-0.4, -0.2) is 19.1 Å². The van der Waals surface area contributed by atoms with E-state index in [0.29, 0.717) is 28.7 Å². The molecule has 0 saturated carbocycles. The van der Waals surface area contributed by atoms with Crippen LogP contribution in [0.25, 0.3) is 0 Å². The monoisotopic (exact) mass is 347 g/mol. The zero-order chi connectivity index (χ0) is 17.5.